The first-order chi connectivity index (χ1) is 14.4. The van der Waals surface area contributed by atoms with Crippen molar-refractivity contribution in [3.8, 4) is 17.0 Å². The summed E-state index contributed by atoms with van der Waals surface area (Å²) >= 11 is 0. The Morgan fingerprint density at radius 3 is 2.73 bits per heavy atom. The molecule has 0 bridgehead atoms. The molecule has 7 heteroatoms. The van der Waals surface area contributed by atoms with Crippen LogP contribution in [0, 0.1) is 18.6 Å². The van der Waals surface area contributed by atoms with E-state index in [0.29, 0.717) is 11.4 Å². The van der Waals surface area contributed by atoms with Crippen molar-refractivity contribution < 1.29 is 18.3 Å². The number of ether oxygens (including phenoxy) is 1. The van der Waals surface area contributed by atoms with Crippen LogP contribution in [0.1, 0.15) is 11.1 Å². The number of nitrogens with zero attached hydrogens (tertiary/aromatic N) is 2. The van der Waals surface area contributed by atoms with Crippen LogP contribution in [0.2, 0.25) is 0 Å². The molecule has 2 aromatic carbocycles. The highest BCUT2D eigenvalue weighted by Crippen LogP contribution is 2.31. The predicted octanol–water partition coefficient (Wildman–Crippen LogP) is 4.78. The third-order valence-corrected chi connectivity index (χ3v) is 4.81. The maximum Gasteiger partial charge on any atom is 0.229 e. The summed E-state index contributed by atoms with van der Waals surface area (Å²) in [7, 11) is 1.50. The first-order valence-electron chi connectivity index (χ1n) is 9.31. The van der Waals surface area contributed by atoms with E-state index in [1.165, 1.54) is 13.2 Å². The number of amides is 1. The number of methoxy groups -OCH3 is 1. The highest BCUT2D eigenvalue weighted by atomic mass is 19.1. The molecule has 4 aromatic rings. The molecule has 0 saturated heterocycles. The van der Waals surface area contributed by atoms with Crippen molar-refractivity contribution in [1.82, 2.24) is 9.38 Å². The number of hydrogen-bond donors (Lipinski definition) is 1. The second kappa shape index (κ2) is 7.94. The maximum atomic E-state index is 13.9. The fourth-order valence-corrected chi connectivity index (χ4v) is 3.29. The largest absolute Gasteiger partial charge is 0.495 e. The highest BCUT2D eigenvalue weighted by molar-refractivity contribution is 5.94. The molecule has 4 rings (SSSR count). The standard InChI is InChI=1S/C23H19F2N3O2/c1-14-4-3-9-28-13-20(27-23(14)28)16-6-8-21(30-2)19(10-16)26-22(29)11-15-5-7-17(24)12-18(15)25/h3-10,12-13H,11H2,1-2H3,(H,26,29). The van der Waals surface area contributed by atoms with Crippen LogP contribution in [0.4, 0.5) is 14.5 Å². The number of anilines is 1. The van der Waals surface area contributed by atoms with Crippen molar-refractivity contribution in [2.45, 2.75) is 13.3 Å². The molecule has 0 aliphatic heterocycles. The molecule has 2 heterocycles. The fraction of sp³-hybridized carbons (Fsp3) is 0.130. The highest BCUT2D eigenvalue weighted by Gasteiger charge is 2.14. The Morgan fingerprint density at radius 1 is 1.17 bits per heavy atom. The van der Waals surface area contributed by atoms with Gasteiger partial charge in [-0.2, -0.15) is 0 Å². The van der Waals surface area contributed by atoms with E-state index in [9.17, 15) is 13.6 Å². The van der Waals surface area contributed by atoms with Crippen molar-refractivity contribution in [2.24, 2.45) is 0 Å². The molecule has 0 unspecified atom stereocenters. The van der Waals surface area contributed by atoms with E-state index in [2.05, 4.69) is 10.3 Å². The Bertz CT molecular complexity index is 1250. The topological polar surface area (TPSA) is 55.6 Å². The molecule has 2 aromatic heterocycles. The number of pyridine rings is 1. The van der Waals surface area contributed by atoms with Crippen molar-refractivity contribution in [3.63, 3.8) is 0 Å². The lowest BCUT2D eigenvalue weighted by Gasteiger charge is -2.12. The van der Waals surface area contributed by atoms with Gasteiger partial charge in [-0.05, 0) is 48.4 Å². The van der Waals surface area contributed by atoms with E-state index in [0.717, 1.165) is 34.6 Å². The minimum absolute atomic E-state index is 0.111. The van der Waals surface area contributed by atoms with E-state index in [4.69, 9.17) is 4.74 Å². The van der Waals surface area contributed by atoms with E-state index in [1.807, 2.05) is 41.9 Å². The van der Waals surface area contributed by atoms with E-state index < -0.39 is 17.5 Å². The minimum Gasteiger partial charge on any atom is -0.495 e. The van der Waals surface area contributed by atoms with Gasteiger partial charge in [0.2, 0.25) is 5.91 Å². The van der Waals surface area contributed by atoms with Crippen LogP contribution >= 0.6 is 0 Å². The van der Waals surface area contributed by atoms with Gasteiger partial charge in [0.15, 0.2) is 0 Å². The summed E-state index contributed by atoms with van der Waals surface area (Å²) < 4.78 is 34.2. The average Bonchev–Trinajstić information content (AvgIpc) is 3.16. The minimum atomic E-state index is -0.758. The van der Waals surface area contributed by atoms with Gasteiger partial charge in [0.05, 0.1) is 24.9 Å². The summed E-state index contributed by atoms with van der Waals surface area (Å²) in [5.74, 6) is -1.42. The molecule has 0 atom stereocenters. The average molecular weight is 407 g/mol. The molecule has 0 spiro atoms. The number of nitrogens with one attached hydrogen (secondary N) is 1. The number of fused-ring (bicyclic) bond motifs is 1. The van der Waals surface area contributed by atoms with Crippen LogP contribution in [0.3, 0.4) is 0 Å². The van der Waals surface area contributed by atoms with Crippen LogP contribution in [0.25, 0.3) is 16.9 Å². The summed E-state index contributed by atoms with van der Waals surface area (Å²) in [5, 5.41) is 2.75. The Labute approximate surface area is 171 Å². The van der Waals surface area contributed by atoms with Crippen molar-refractivity contribution in [1.29, 1.82) is 0 Å². The van der Waals surface area contributed by atoms with Crippen LogP contribution in [-0.2, 0) is 11.2 Å². The third kappa shape index (κ3) is 3.87. The SMILES string of the molecule is COc1ccc(-c2cn3cccc(C)c3n2)cc1NC(=O)Cc1ccc(F)cc1F. The fourth-order valence-electron chi connectivity index (χ4n) is 3.29. The monoisotopic (exact) mass is 407 g/mol. The van der Waals surface area contributed by atoms with Crippen molar-refractivity contribution >= 4 is 17.2 Å². The van der Waals surface area contributed by atoms with Gasteiger partial charge in [-0.15, -0.1) is 0 Å². The second-order valence-electron chi connectivity index (χ2n) is 6.92. The molecule has 0 radical (unpaired) electrons. The number of rotatable bonds is 5. The van der Waals surface area contributed by atoms with Gasteiger partial charge in [0, 0.05) is 24.0 Å². The van der Waals surface area contributed by atoms with Crippen LogP contribution in [0.15, 0.2) is 60.9 Å². The molecule has 5 nitrogen and oxygen atoms in total. The molecule has 1 N–H and O–H groups in total. The first kappa shape index (κ1) is 19.6. The van der Waals surface area contributed by atoms with Crippen LogP contribution < -0.4 is 10.1 Å². The summed E-state index contributed by atoms with van der Waals surface area (Å²) in [4.78, 5) is 17.1. The number of carbonyl (C=O) groups is 1. The summed E-state index contributed by atoms with van der Waals surface area (Å²) in [6.07, 6.45) is 3.60. The lowest BCUT2D eigenvalue weighted by Crippen LogP contribution is -2.16. The van der Waals surface area contributed by atoms with Crippen LogP contribution in [-0.4, -0.2) is 22.4 Å². The molecule has 152 valence electrons. The lowest BCUT2D eigenvalue weighted by molar-refractivity contribution is -0.115. The van der Waals surface area contributed by atoms with Gasteiger partial charge in [-0.1, -0.05) is 12.1 Å². The number of halogens is 2. The van der Waals surface area contributed by atoms with Gasteiger partial charge < -0.3 is 14.5 Å². The molecule has 0 aliphatic carbocycles. The quantitative estimate of drug-likeness (QED) is 0.518. The number of aromatic nitrogens is 2. The van der Waals surface area contributed by atoms with Gasteiger partial charge in [-0.3, -0.25) is 4.79 Å². The first-order valence-corrected chi connectivity index (χ1v) is 9.31. The van der Waals surface area contributed by atoms with Crippen molar-refractivity contribution in [2.75, 3.05) is 12.4 Å². The van der Waals surface area contributed by atoms with E-state index in [1.54, 1.807) is 12.1 Å². The number of aryl methyl sites for hydroxylation is 1. The number of hydrogen-bond acceptors (Lipinski definition) is 3. The van der Waals surface area contributed by atoms with E-state index >= 15 is 0 Å². The second-order valence-corrected chi connectivity index (χ2v) is 6.92. The Balaban J connectivity index is 1.62. The zero-order valence-corrected chi connectivity index (χ0v) is 16.4. The van der Waals surface area contributed by atoms with Crippen molar-refractivity contribution in [3.05, 3.63) is 83.7 Å². The molecule has 30 heavy (non-hydrogen) atoms. The zero-order valence-electron chi connectivity index (χ0n) is 16.4. The normalized spacial score (nSPS) is 10.9. The summed E-state index contributed by atoms with van der Waals surface area (Å²) in [5.41, 5.74) is 3.98. The van der Waals surface area contributed by atoms with Gasteiger partial charge in [-0.25, -0.2) is 13.8 Å². The maximum absolute atomic E-state index is 13.9. The van der Waals surface area contributed by atoms with Gasteiger partial charge in [0.25, 0.3) is 0 Å². The van der Waals surface area contributed by atoms with Gasteiger partial charge in [0.1, 0.15) is 23.0 Å². The molecule has 0 aliphatic rings. The molecule has 0 saturated carbocycles. The number of carbonyl (C=O) groups excluding carboxylic acids is 1. The number of imidazole rings is 1. The Kier molecular flexibility index (Phi) is 5.18. The van der Waals surface area contributed by atoms with Gasteiger partial charge >= 0.3 is 0 Å². The Morgan fingerprint density at radius 2 is 2.00 bits per heavy atom. The predicted molar refractivity (Wildman–Crippen MR) is 111 cm³/mol. The zero-order chi connectivity index (χ0) is 21.3. The molecular formula is C23H19F2N3O2. The summed E-state index contributed by atoms with van der Waals surface area (Å²) in [6, 6.07) is 12.4. The molecule has 0 fully saturated rings. The molecular weight excluding hydrogens is 388 g/mol. The number of benzene rings is 2. The molecule has 1 amide bonds. The third-order valence-electron chi connectivity index (χ3n) is 4.81. The van der Waals surface area contributed by atoms with E-state index in [-0.39, 0.29) is 12.0 Å². The Hall–Kier alpha value is -3.74. The smallest absolute Gasteiger partial charge is 0.229 e. The lowest BCUT2D eigenvalue weighted by atomic mass is 10.1. The van der Waals surface area contributed by atoms with Crippen LogP contribution in [0.5, 0.6) is 5.75 Å². The summed E-state index contributed by atoms with van der Waals surface area (Å²) in [6.45, 7) is 1.99.